The van der Waals surface area contributed by atoms with Crippen LogP contribution in [-0.2, 0) is 16.1 Å². The minimum Gasteiger partial charge on any atom is -0.351 e. The van der Waals surface area contributed by atoms with E-state index in [1.807, 2.05) is 18.2 Å². The molecule has 1 unspecified atom stereocenters. The molecule has 0 saturated heterocycles. The minimum atomic E-state index is -0.419. The molecule has 8 aliphatic rings. The zero-order valence-corrected chi connectivity index (χ0v) is 20.6. The molecule has 0 radical (unpaired) electrons. The van der Waals surface area contributed by atoms with Gasteiger partial charge in [-0.2, -0.15) is 0 Å². The van der Waals surface area contributed by atoms with Crippen molar-refractivity contribution >= 4 is 11.7 Å². The molecule has 8 bridgehead atoms. The maximum atomic E-state index is 14.3. The monoisotopic (exact) mass is 459 g/mol. The van der Waals surface area contributed by atoms with Crippen molar-refractivity contribution in [2.75, 3.05) is 0 Å². The number of amides is 1. The Morgan fingerprint density at radius 2 is 1.21 bits per heavy atom. The molecule has 3 heteroatoms. The predicted octanol–water partition coefficient (Wildman–Crippen LogP) is 6.31. The molecule has 9 rings (SSSR count). The second-order valence-electron chi connectivity index (χ2n) is 14.0. The summed E-state index contributed by atoms with van der Waals surface area (Å²) >= 11 is 0. The summed E-state index contributed by atoms with van der Waals surface area (Å²) in [6, 6.07) is 10.2. The third-order valence-electron chi connectivity index (χ3n) is 11.3. The van der Waals surface area contributed by atoms with Gasteiger partial charge < -0.3 is 5.32 Å². The van der Waals surface area contributed by atoms with Crippen LogP contribution < -0.4 is 5.32 Å². The number of hydrogen-bond acceptors (Lipinski definition) is 2. The first-order valence-corrected chi connectivity index (χ1v) is 14.3. The average molecular weight is 460 g/mol. The Hall–Kier alpha value is -1.64. The van der Waals surface area contributed by atoms with Gasteiger partial charge >= 0.3 is 0 Å². The van der Waals surface area contributed by atoms with Crippen LogP contribution in [0.3, 0.4) is 0 Å². The molecule has 34 heavy (non-hydrogen) atoms. The van der Waals surface area contributed by atoms with E-state index in [2.05, 4.69) is 17.4 Å². The van der Waals surface area contributed by atoms with E-state index in [1.54, 1.807) is 0 Å². The van der Waals surface area contributed by atoms with Crippen LogP contribution >= 0.6 is 0 Å². The molecule has 8 saturated carbocycles. The van der Waals surface area contributed by atoms with Crippen molar-refractivity contribution in [3.63, 3.8) is 0 Å². The van der Waals surface area contributed by atoms with Crippen molar-refractivity contribution in [2.45, 2.75) is 90.0 Å². The fourth-order valence-electron chi connectivity index (χ4n) is 11.2. The molecule has 0 aromatic heterocycles. The Labute approximate surface area is 204 Å². The molecular formula is C31H41NO2. The highest BCUT2D eigenvalue weighted by Crippen LogP contribution is 2.65. The minimum absolute atomic E-state index is 0.0422. The maximum absolute atomic E-state index is 14.3. The van der Waals surface area contributed by atoms with E-state index in [9.17, 15) is 9.59 Å². The summed E-state index contributed by atoms with van der Waals surface area (Å²) in [6.45, 7) is 0.535. The average Bonchev–Trinajstić information content (AvgIpc) is 2.76. The first-order valence-electron chi connectivity index (χ1n) is 14.3. The maximum Gasteiger partial charge on any atom is 0.231 e. The van der Waals surface area contributed by atoms with Gasteiger partial charge in [-0.3, -0.25) is 9.59 Å². The van der Waals surface area contributed by atoms with Gasteiger partial charge in [0.2, 0.25) is 5.91 Å². The number of nitrogens with one attached hydrogen (secondary N) is 1. The molecule has 1 aromatic rings. The molecule has 182 valence electrons. The van der Waals surface area contributed by atoms with E-state index >= 15 is 0 Å². The van der Waals surface area contributed by atoms with Gasteiger partial charge in [0.25, 0.3) is 0 Å². The normalized spacial score (nSPS) is 44.2. The van der Waals surface area contributed by atoms with Gasteiger partial charge in [-0.15, -0.1) is 0 Å². The molecule has 0 aliphatic heterocycles. The summed E-state index contributed by atoms with van der Waals surface area (Å²) in [4.78, 5) is 28.3. The van der Waals surface area contributed by atoms with Crippen molar-refractivity contribution in [1.29, 1.82) is 0 Å². The summed E-state index contributed by atoms with van der Waals surface area (Å²) in [5.74, 6) is 4.75. The van der Waals surface area contributed by atoms with Gasteiger partial charge in [-0.1, -0.05) is 30.3 Å². The summed E-state index contributed by atoms with van der Waals surface area (Å²) < 4.78 is 0. The lowest BCUT2D eigenvalue weighted by Gasteiger charge is -2.60. The number of benzene rings is 1. The third kappa shape index (κ3) is 3.68. The van der Waals surface area contributed by atoms with Gasteiger partial charge in [-0.05, 0) is 129 Å². The largest absolute Gasteiger partial charge is 0.351 e. The van der Waals surface area contributed by atoms with Crippen LogP contribution in [0, 0.1) is 52.3 Å². The van der Waals surface area contributed by atoms with Gasteiger partial charge in [0.05, 0.1) is 0 Å². The zero-order valence-electron chi connectivity index (χ0n) is 20.6. The quantitative estimate of drug-likeness (QED) is 0.486. The molecule has 1 atom stereocenters. The van der Waals surface area contributed by atoms with Crippen LogP contribution in [0.1, 0.15) is 89.0 Å². The van der Waals surface area contributed by atoms with Gasteiger partial charge in [0, 0.05) is 13.0 Å². The van der Waals surface area contributed by atoms with E-state index in [0.29, 0.717) is 18.7 Å². The lowest BCUT2D eigenvalue weighted by atomic mass is 9.44. The van der Waals surface area contributed by atoms with Crippen molar-refractivity contribution in [1.82, 2.24) is 5.32 Å². The Morgan fingerprint density at radius 1 is 0.735 bits per heavy atom. The van der Waals surface area contributed by atoms with Crippen LogP contribution in [0.2, 0.25) is 0 Å². The summed E-state index contributed by atoms with van der Waals surface area (Å²) in [6.07, 6.45) is 16.1. The van der Waals surface area contributed by atoms with Gasteiger partial charge in [0.1, 0.15) is 11.7 Å². The highest BCUT2D eigenvalue weighted by molar-refractivity contribution is 6.02. The Balaban J connectivity index is 1.16. The molecular weight excluding hydrogens is 418 g/mol. The number of carbonyl (C=O) groups is 2. The van der Waals surface area contributed by atoms with E-state index in [0.717, 1.165) is 60.3 Å². The van der Waals surface area contributed by atoms with Crippen molar-refractivity contribution in [3.05, 3.63) is 35.9 Å². The molecule has 8 aliphatic carbocycles. The molecule has 1 aromatic carbocycles. The van der Waals surface area contributed by atoms with Gasteiger partial charge in [0.15, 0.2) is 0 Å². The first-order chi connectivity index (χ1) is 16.5. The predicted molar refractivity (Wildman–Crippen MR) is 133 cm³/mol. The van der Waals surface area contributed by atoms with E-state index in [4.69, 9.17) is 0 Å². The molecule has 0 spiro atoms. The van der Waals surface area contributed by atoms with Crippen molar-refractivity contribution < 1.29 is 9.59 Å². The Morgan fingerprint density at radius 3 is 1.71 bits per heavy atom. The first kappa shape index (κ1) is 21.6. The highest BCUT2D eigenvalue weighted by Gasteiger charge is 2.59. The fourth-order valence-corrected chi connectivity index (χ4v) is 11.2. The van der Waals surface area contributed by atoms with Crippen molar-refractivity contribution in [3.8, 4) is 0 Å². The number of ketones is 1. The molecule has 1 N–H and O–H groups in total. The Kier molecular flexibility index (Phi) is 5.05. The number of rotatable bonds is 7. The van der Waals surface area contributed by atoms with Crippen LogP contribution in [0.15, 0.2) is 30.3 Å². The second kappa shape index (κ2) is 7.93. The van der Waals surface area contributed by atoms with E-state index in [1.165, 1.54) is 57.8 Å². The summed E-state index contributed by atoms with van der Waals surface area (Å²) in [7, 11) is 0. The smallest absolute Gasteiger partial charge is 0.231 e. The number of carbonyl (C=O) groups excluding carboxylic acids is 2. The molecule has 3 nitrogen and oxygen atoms in total. The zero-order chi connectivity index (χ0) is 22.9. The van der Waals surface area contributed by atoms with Crippen LogP contribution in [0.5, 0.6) is 0 Å². The fraction of sp³-hybridized carbons (Fsp3) is 0.742. The third-order valence-corrected chi connectivity index (χ3v) is 11.3. The number of hydrogen-bond donors (Lipinski definition) is 1. The molecule has 1 amide bonds. The van der Waals surface area contributed by atoms with Crippen LogP contribution in [0.25, 0.3) is 0 Å². The topological polar surface area (TPSA) is 46.2 Å². The van der Waals surface area contributed by atoms with Crippen LogP contribution in [0.4, 0.5) is 0 Å². The standard InChI is InChI=1S/C31H41NO2/c33-27(18-30-12-21-6-22(13-30)8-23(7-21)14-30)28(29(34)32-19-20-4-2-1-3-5-20)31-15-24-9-25(16-31)11-26(10-24)17-31/h1-5,21-26,28H,6-19H2,(H,32,34). The molecule has 8 fully saturated rings. The van der Waals surface area contributed by atoms with E-state index < -0.39 is 5.92 Å². The SMILES string of the molecule is O=C(CC12CC3CC(CC(C3)C1)C2)C(C(=O)NCc1ccccc1)C12CC3CC(CC(C3)C1)C2. The molecule has 0 heterocycles. The lowest BCUT2D eigenvalue weighted by Crippen LogP contribution is -2.56. The second-order valence-corrected chi connectivity index (χ2v) is 14.0. The van der Waals surface area contributed by atoms with Crippen molar-refractivity contribution in [2.24, 2.45) is 52.3 Å². The highest BCUT2D eigenvalue weighted by atomic mass is 16.2. The van der Waals surface area contributed by atoms with Gasteiger partial charge in [-0.25, -0.2) is 0 Å². The number of Topliss-reactive ketones (excluding diaryl/α,β-unsaturated/α-hetero) is 1. The lowest BCUT2D eigenvalue weighted by molar-refractivity contribution is -0.156. The van der Waals surface area contributed by atoms with E-state index in [-0.39, 0.29) is 16.7 Å². The summed E-state index contributed by atoms with van der Waals surface area (Å²) in [5, 5.41) is 3.25. The Bertz CT molecular complexity index is 894. The summed E-state index contributed by atoms with van der Waals surface area (Å²) in [5.41, 5.74) is 1.27. The van der Waals surface area contributed by atoms with Crippen LogP contribution in [-0.4, -0.2) is 11.7 Å².